The van der Waals surface area contributed by atoms with Crippen LogP contribution in [0.2, 0.25) is 5.02 Å². The summed E-state index contributed by atoms with van der Waals surface area (Å²) in [6.07, 6.45) is 1.19. The van der Waals surface area contributed by atoms with Crippen molar-refractivity contribution < 1.29 is 24.0 Å². The van der Waals surface area contributed by atoms with Crippen LogP contribution in [-0.2, 0) is 14.4 Å². The Hall–Kier alpha value is -3.72. The molecule has 0 unspecified atom stereocenters. The van der Waals surface area contributed by atoms with E-state index < -0.39 is 30.2 Å². The lowest BCUT2D eigenvalue weighted by atomic mass is 10.1. The fourth-order valence-electron chi connectivity index (χ4n) is 2.66. The number of carbonyl (C=O) groups excluding carboxylic acids is 4. The summed E-state index contributed by atoms with van der Waals surface area (Å²) >= 11 is 5.95. The molecule has 9 nitrogen and oxygen atoms in total. The standard InChI is InChI=1S/C20H17ClN4O5/c21-16-8-4-1-5-13(16)11-22-30-12-18(27)24-23-17(26)9-10-25-19(28)14-6-2-3-7-15(14)20(25)29/h1-8,11H,9-10,12H2,(H,23,26)(H,24,27)/b22-11-. The molecule has 0 fully saturated rings. The predicted octanol–water partition coefficient (Wildman–Crippen LogP) is 1.52. The van der Waals surface area contributed by atoms with E-state index in [-0.39, 0.29) is 13.0 Å². The molecule has 0 atom stereocenters. The summed E-state index contributed by atoms with van der Waals surface area (Å²) in [4.78, 5) is 53.8. The SMILES string of the molecule is O=C(CCN1C(=O)c2ccccc2C1=O)NNC(=O)CO/N=C\c1ccccc1Cl. The third-order valence-corrected chi connectivity index (χ3v) is 4.49. The van der Waals surface area contributed by atoms with Gasteiger partial charge in [0.2, 0.25) is 5.91 Å². The molecule has 2 aromatic rings. The third-order valence-electron chi connectivity index (χ3n) is 4.15. The minimum Gasteiger partial charge on any atom is -0.386 e. The molecule has 2 aromatic carbocycles. The molecule has 30 heavy (non-hydrogen) atoms. The van der Waals surface area contributed by atoms with Crippen molar-refractivity contribution in [3.63, 3.8) is 0 Å². The summed E-state index contributed by atoms with van der Waals surface area (Å²) in [5.41, 5.74) is 5.59. The van der Waals surface area contributed by atoms with Gasteiger partial charge in [-0.1, -0.05) is 47.1 Å². The van der Waals surface area contributed by atoms with Crippen LogP contribution < -0.4 is 10.9 Å². The van der Waals surface area contributed by atoms with Crippen molar-refractivity contribution in [3.05, 3.63) is 70.2 Å². The van der Waals surface area contributed by atoms with Gasteiger partial charge in [-0.05, 0) is 18.2 Å². The minimum atomic E-state index is -0.639. The summed E-state index contributed by atoms with van der Waals surface area (Å²) in [5.74, 6) is -2.10. The molecule has 1 aliphatic heterocycles. The average molecular weight is 429 g/mol. The Labute approximate surface area is 176 Å². The Morgan fingerprint density at radius 3 is 2.23 bits per heavy atom. The lowest BCUT2D eigenvalue weighted by Gasteiger charge is -2.13. The number of carbonyl (C=O) groups is 4. The van der Waals surface area contributed by atoms with Gasteiger partial charge >= 0.3 is 0 Å². The van der Waals surface area contributed by atoms with E-state index in [2.05, 4.69) is 16.0 Å². The van der Waals surface area contributed by atoms with E-state index in [1.54, 1.807) is 48.5 Å². The van der Waals surface area contributed by atoms with Crippen LogP contribution in [0.3, 0.4) is 0 Å². The highest BCUT2D eigenvalue weighted by Gasteiger charge is 2.34. The first-order valence-electron chi connectivity index (χ1n) is 8.90. The van der Waals surface area contributed by atoms with Crippen LogP contribution in [0.1, 0.15) is 32.7 Å². The molecule has 0 saturated heterocycles. The molecule has 0 aromatic heterocycles. The quantitative estimate of drug-likeness (QED) is 0.394. The first-order chi connectivity index (χ1) is 14.5. The van der Waals surface area contributed by atoms with E-state index in [1.807, 2.05) is 0 Å². The number of oxime groups is 1. The lowest BCUT2D eigenvalue weighted by molar-refractivity contribution is -0.131. The van der Waals surface area contributed by atoms with E-state index in [1.165, 1.54) is 6.21 Å². The first-order valence-corrected chi connectivity index (χ1v) is 9.28. The summed E-state index contributed by atoms with van der Waals surface area (Å²) in [6, 6.07) is 13.4. The number of amides is 4. The Morgan fingerprint density at radius 2 is 1.57 bits per heavy atom. The summed E-state index contributed by atoms with van der Waals surface area (Å²) in [6.45, 7) is -0.535. The Kier molecular flexibility index (Phi) is 6.76. The molecule has 3 rings (SSSR count). The van der Waals surface area contributed by atoms with Gasteiger partial charge in [-0.15, -0.1) is 0 Å². The van der Waals surface area contributed by atoms with Crippen LogP contribution in [0.5, 0.6) is 0 Å². The van der Waals surface area contributed by atoms with Crippen molar-refractivity contribution in [3.8, 4) is 0 Å². The minimum absolute atomic E-state index is 0.104. The topological polar surface area (TPSA) is 117 Å². The second kappa shape index (κ2) is 9.66. The Bertz CT molecular complexity index is 989. The fraction of sp³-hybridized carbons (Fsp3) is 0.150. The maximum atomic E-state index is 12.2. The zero-order valence-electron chi connectivity index (χ0n) is 15.6. The van der Waals surface area contributed by atoms with Gasteiger partial charge in [-0.25, -0.2) is 0 Å². The van der Waals surface area contributed by atoms with Crippen molar-refractivity contribution in [2.75, 3.05) is 13.2 Å². The lowest BCUT2D eigenvalue weighted by Crippen LogP contribution is -2.44. The van der Waals surface area contributed by atoms with E-state index >= 15 is 0 Å². The molecule has 0 spiro atoms. The van der Waals surface area contributed by atoms with Crippen molar-refractivity contribution in [1.29, 1.82) is 0 Å². The number of benzene rings is 2. The Balaban J connectivity index is 1.37. The number of hydrazine groups is 1. The van der Waals surface area contributed by atoms with Crippen molar-refractivity contribution >= 4 is 41.4 Å². The summed E-state index contributed by atoms with van der Waals surface area (Å²) in [5, 5.41) is 4.12. The number of hydrogen-bond acceptors (Lipinski definition) is 6. The van der Waals surface area contributed by atoms with Crippen molar-refractivity contribution in [1.82, 2.24) is 15.8 Å². The molecular formula is C20H17ClN4O5. The van der Waals surface area contributed by atoms with Crippen LogP contribution in [0.15, 0.2) is 53.7 Å². The number of fused-ring (bicyclic) bond motifs is 1. The third kappa shape index (κ3) is 5.00. The van der Waals surface area contributed by atoms with Crippen LogP contribution in [0.4, 0.5) is 0 Å². The molecule has 4 amide bonds. The number of nitrogens with zero attached hydrogens (tertiary/aromatic N) is 2. The second-order valence-corrected chi connectivity index (χ2v) is 6.59. The average Bonchev–Trinajstić information content (AvgIpc) is 2.99. The second-order valence-electron chi connectivity index (χ2n) is 6.18. The summed E-state index contributed by atoms with van der Waals surface area (Å²) in [7, 11) is 0. The maximum absolute atomic E-state index is 12.2. The first kappa shape index (κ1) is 21.0. The molecule has 0 bridgehead atoms. The number of hydrogen-bond donors (Lipinski definition) is 2. The number of nitrogens with one attached hydrogen (secondary N) is 2. The van der Waals surface area contributed by atoms with E-state index in [0.29, 0.717) is 21.7 Å². The van der Waals surface area contributed by atoms with E-state index in [0.717, 1.165) is 4.90 Å². The van der Waals surface area contributed by atoms with Gasteiger partial charge in [0.25, 0.3) is 17.7 Å². The van der Waals surface area contributed by atoms with Crippen molar-refractivity contribution in [2.45, 2.75) is 6.42 Å². The fourth-order valence-corrected chi connectivity index (χ4v) is 2.85. The molecule has 1 heterocycles. The molecule has 0 saturated carbocycles. The Morgan fingerprint density at radius 1 is 0.967 bits per heavy atom. The molecule has 2 N–H and O–H groups in total. The van der Waals surface area contributed by atoms with Crippen LogP contribution in [-0.4, -0.2) is 47.9 Å². The van der Waals surface area contributed by atoms with Crippen LogP contribution >= 0.6 is 11.6 Å². The highest BCUT2D eigenvalue weighted by atomic mass is 35.5. The molecule has 154 valence electrons. The number of imide groups is 1. The normalized spacial score (nSPS) is 12.8. The highest BCUT2D eigenvalue weighted by Crippen LogP contribution is 2.22. The van der Waals surface area contributed by atoms with Crippen LogP contribution in [0.25, 0.3) is 0 Å². The van der Waals surface area contributed by atoms with Gasteiger partial charge in [0.1, 0.15) is 0 Å². The smallest absolute Gasteiger partial charge is 0.279 e. The zero-order valence-corrected chi connectivity index (χ0v) is 16.4. The van der Waals surface area contributed by atoms with Gasteiger partial charge in [0.15, 0.2) is 6.61 Å². The van der Waals surface area contributed by atoms with Gasteiger partial charge in [-0.3, -0.25) is 34.9 Å². The molecule has 0 radical (unpaired) electrons. The molecule has 10 heteroatoms. The van der Waals surface area contributed by atoms with Gasteiger partial charge < -0.3 is 4.84 Å². The molecular weight excluding hydrogens is 412 g/mol. The maximum Gasteiger partial charge on any atom is 0.279 e. The number of rotatable bonds is 7. The van der Waals surface area contributed by atoms with Gasteiger partial charge in [-0.2, -0.15) is 0 Å². The zero-order chi connectivity index (χ0) is 21.5. The predicted molar refractivity (Wildman–Crippen MR) is 108 cm³/mol. The van der Waals surface area contributed by atoms with E-state index in [9.17, 15) is 19.2 Å². The monoisotopic (exact) mass is 428 g/mol. The summed E-state index contributed by atoms with van der Waals surface area (Å²) < 4.78 is 0. The van der Waals surface area contributed by atoms with Gasteiger partial charge in [0, 0.05) is 23.6 Å². The van der Waals surface area contributed by atoms with E-state index in [4.69, 9.17) is 16.4 Å². The molecule has 0 aliphatic carbocycles. The number of halogens is 1. The largest absolute Gasteiger partial charge is 0.386 e. The molecule has 1 aliphatic rings. The van der Waals surface area contributed by atoms with Gasteiger partial charge in [0.05, 0.1) is 17.3 Å². The highest BCUT2D eigenvalue weighted by molar-refractivity contribution is 6.33. The van der Waals surface area contributed by atoms with Crippen molar-refractivity contribution in [2.24, 2.45) is 5.16 Å². The van der Waals surface area contributed by atoms with Crippen LogP contribution in [0, 0.1) is 0 Å².